The highest BCUT2D eigenvalue weighted by atomic mass is 32.1. The molecule has 126 valence electrons. The van der Waals surface area contributed by atoms with E-state index in [-0.39, 0.29) is 18.3 Å². The molecule has 0 spiro atoms. The van der Waals surface area contributed by atoms with Crippen molar-refractivity contribution in [1.82, 2.24) is 9.80 Å². The molecule has 0 saturated carbocycles. The molecule has 2 aromatic rings. The molecule has 0 aliphatic carbocycles. The third-order valence-corrected chi connectivity index (χ3v) is 5.77. The van der Waals surface area contributed by atoms with E-state index in [1.54, 1.807) is 0 Å². The van der Waals surface area contributed by atoms with E-state index in [1.165, 1.54) is 34.7 Å². The lowest BCUT2D eigenvalue weighted by Crippen LogP contribution is -2.62. The lowest BCUT2D eigenvalue weighted by Gasteiger charge is -2.46. The van der Waals surface area contributed by atoms with Crippen LogP contribution >= 0.6 is 11.3 Å². The van der Waals surface area contributed by atoms with E-state index in [0.717, 1.165) is 32.6 Å². The van der Waals surface area contributed by atoms with Crippen molar-refractivity contribution in [3.63, 3.8) is 0 Å². The Morgan fingerprint density at radius 2 is 2.04 bits per heavy atom. The van der Waals surface area contributed by atoms with Gasteiger partial charge >= 0.3 is 0 Å². The molecule has 24 heavy (non-hydrogen) atoms. The van der Waals surface area contributed by atoms with Gasteiger partial charge in [-0.2, -0.15) is 0 Å². The van der Waals surface area contributed by atoms with Gasteiger partial charge in [0.15, 0.2) is 6.61 Å². The SMILES string of the molecule is O=C(COc1ccc(F)cc1)N1CC(N2CCc3sccc3C2)C1. The van der Waals surface area contributed by atoms with E-state index < -0.39 is 0 Å². The third-order valence-electron chi connectivity index (χ3n) is 4.74. The van der Waals surface area contributed by atoms with E-state index >= 15 is 0 Å². The van der Waals surface area contributed by atoms with E-state index in [0.29, 0.717) is 11.8 Å². The standard InChI is InChI=1S/C18H19FN2O2S/c19-14-1-3-16(4-2-14)23-12-18(22)21-10-15(11-21)20-7-5-17-13(9-20)6-8-24-17/h1-4,6,8,15H,5,7,9-12H2. The number of halogens is 1. The van der Waals surface area contributed by atoms with Gasteiger partial charge in [-0.25, -0.2) is 4.39 Å². The number of fused-ring (bicyclic) bond motifs is 1. The summed E-state index contributed by atoms with van der Waals surface area (Å²) in [6, 6.07) is 8.39. The zero-order chi connectivity index (χ0) is 16.5. The fraction of sp³-hybridized carbons (Fsp3) is 0.389. The molecule has 0 atom stereocenters. The van der Waals surface area contributed by atoms with Crippen molar-refractivity contribution in [1.29, 1.82) is 0 Å². The second kappa shape index (κ2) is 6.53. The van der Waals surface area contributed by atoms with Crippen molar-refractivity contribution in [2.24, 2.45) is 0 Å². The minimum atomic E-state index is -0.311. The highest BCUT2D eigenvalue weighted by Gasteiger charge is 2.36. The highest BCUT2D eigenvalue weighted by molar-refractivity contribution is 7.10. The second-order valence-corrected chi connectivity index (χ2v) is 7.29. The third kappa shape index (κ3) is 3.16. The minimum Gasteiger partial charge on any atom is -0.484 e. The lowest BCUT2D eigenvalue weighted by molar-refractivity contribution is -0.141. The average molecular weight is 346 g/mol. The number of thiophene rings is 1. The zero-order valence-corrected chi connectivity index (χ0v) is 14.1. The monoisotopic (exact) mass is 346 g/mol. The molecule has 2 aliphatic rings. The summed E-state index contributed by atoms with van der Waals surface area (Å²) in [5.41, 5.74) is 1.44. The van der Waals surface area contributed by atoms with Crippen LogP contribution in [0.3, 0.4) is 0 Å². The number of benzene rings is 1. The first-order valence-corrected chi connectivity index (χ1v) is 9.02. The first-order chi connectivity index (χ1) is 11.7. The molecule has 0 unspecified atom stereocenters. The molecule has 1 aromatic carbocycles. The number of nitrogens with zero attached hydrogens (tertiary/aromatic N) is 2. The molecule has 1 fully saturated rings. The van der Waals surface area contributed by atoms with E-state index in [2.05, 4.69) is 16.3 Å². The maximum atomic E-state index is 12.8. The van der Waals surface area contributed by atoms with Crippen LogP contribution in [0, 0.1) is 5.82 Å². The fourth-order valence-electron chi connectivity index (χ4n) is 3.24. The Hall–Kier alpha value is -1.92. The summed E-state index contributed by atoms with van der Waals surface area (Å²) >= 11 is 1.84. The average Bonchev–Trinajstić information content (AvgIpc) is 3.01. The van der Waals surface area contributed by atoms with Gasteiger partial charge in [-0.05, 0) is 47.7 Å². The van der Waals surface area contributed by atoms with Crippen molar-refractivity contribution in [2.45, 2.75) is 19.0 Å². The zero-order valence-electron chi connectivity index (χ0n) is 13.3. The molecule has 0 N–H and O–H groups in total. The predicted molar refractivity (Wildman–Crippen MR) is 90.7 cm³/mol. The van der Waals surface area contributed by atoms with E-state index in [4.69, 9.17) is 4.74 Å². The Morgan fingerprint density at radius 1 is 1.25 bits per heavy atom. The van der Waals surface area contributed by atoms with Crippen molar-refractivity contribution >= 4 is 17.2 Å². The summed E-state index contributed by atoms with van der Waals surface area (Å²) in [5.74, 6) is 0.196. The summed E-state index contributed by atoms with van der Waals surface area (Å²) in [6.07, 6.45) is 1.12. The van der Waals surface area contributed by atoms with E-state index in [1.807, 2.05) is 16.2 Å². The Bertz CT molecular complexity index is 725. The van der Waals surface area contributed by atoms with E-state index in [9.17, 15) is 9.18 Å². The molecule has 0 bridgehead atoms. The number of carbonyl (C=O) groups is 1. The van der Waals surface area contributed by atoms with Crippen molar-refractivity contribution in [3.05, 3.63) is 52.0 Å². The number of carbonyl (C=O) groups excluding carboxylic acids is 1. The normalized spacial score (nSPS) is 18.1. The van der Waals surface area contributed by atoms with Crippen molar-refractivity contribution < 1.29 is 13.9 Å². The Morgan fingerprint density at radius 3 is 2.83 bits per heavy atom. The van der Waals surface area contributed by atoms with Crippen LogP contribution in [-0.2, 0) is 17.8 Å². The molecular weight excluding hydrogens is 327 g/mol. The molecule has 1 saturated heterocycles. The van der Waals surface area contributed by atoms with Gasteiger partial charge in [0.1, 0.15) is 11.6 Å². The summed E-state index contributed by atoms with van der Waals surface area (Å²) in [7, 11) is 0. The topological polar surface area (TPSA) is 32.8 Å². The van der Waals surface area contributed by atoms with Crippen LogP contribution in [0.4, 0.5) is 4.39 Å². The van der Waals surface area contributed by atoms with Gasteiger partial charge in [-0.3, -0.25) is 9.69 Å². The molecule has 6 heteroatoms. The maximum absolute atomic E-state index is 12.8. The molecule has 1 amide bonds. The Labute approximate surface area is 144 Å². The molecular formula is C18H19FN2O2S. The number of likely N-dealkylation sites (tertiary alicyclic amines) is 1. The lowest BCUT2D eigenvalue weighted by atomic mass is 10.0. The minimum absolute atomic E-state index is 0.00698. The van der Waals surface area contributed by atoms with Crippen molar-refractivity contribution in [3.8, 4) is 5.75 Å². The molecule has 4 rings (SSSR count). The smallest absolute Gasteiger partial charge is 0.260 e. The van der Waals surface area contributed by atoms with Crippen LogP contribution in [-0.4, -0.2) is 48.0 Å². The van der Waals surface area contributed by atoms with Crippen LogP contribution in [0.15, 0.2) is 35.7 Å². The number of ether oxygens (including phenoxy) is 1. The van der Waals surface area contributed by atoms with Crippen LogP contribution in [0.25, 0.3) is 0 Å². The fourth-order valence-corrected chi connectivity index (χ4v) is 4.13. The summed E-state index contributed by atoms with van der Waals surface area (Å²) in [4.78, 5) is 18.0. The summed E-state index contributed by atoms with van der Waals surface area (Å²) < 4.78 is 18.3. The number of hydrogen-bond donors (Lipinski definition) is 0. The number of amides is 1. The highest BCUT2D eigenvalue weighted by Crippen LogP contribution is 2.27. The Kier molecular flexibility index (Phi) is 4.24. The molecule has 3 heterocycles. The van der Waals surface area contributed by atoms with Gasteiger partial charge in [0.2, 0.25) is 0 Å². The van der Waals surface area contributed by atoms with Crippen LogP contribution in [0.2, 0.25) is 0 Å². The van der Waals surface area contributed by atoms with Crippen LogP contribution in [0.5, 0.6) is 5.75 Å². The number of rotatable bonds is 4. The molecule has 2 aliphatic heterocycles. The first kappa shape index (κ1) is 15.6. The second-order valence-electron chi connectivity index (χ2n) is 6.28. The van der Waals surface area contributed by atoms with Crippen LogP contribution < -0.4 is 4.74 Å². The molecule has 4 nitrogen and oxygen atoms in total. The van der Waals surface area contributed by atoms with Gasteiger partial charge in [-0.1, -0.05) is 0 Å². The van der Waals surface area contributed by atoms with Crippen molar-refractivity contribution in [2.75, 3.05) is 26.2 Å². The van der Waals surface area contributed by atoms with Crippen LogP contribution in [0.1, 0.15) is 10.4 Å². The maximum Gasteiger partial charge on any atom is 0.260 e. The predicted octanol–water partition coefficient (Wildman–Crippen LogP) is 2.54. The summed E-state index contributed by atoms with van der Waals surface area (Å²) in [5, 5.41) is 2.16. The Balaban J connectivity index is 1.24. The van der Waals surface area contributed by atoms with Gasteiger partial charge in [-0.15, -0.1) is 11.3 Å². The number of hydrogen-bond acceptors (Lipinski definition) is 4. The van der Waals surface area contributed by atoms with Gasteiger partial charge in [0.05, 0.1) is 0 Å². The largest absolute Gasteiger partial charge is 0.484 e. The van der Waals surface area contributed by atoms with Gasteiger partial charge in [0, 0.05) is 37.1 Å². The van der Waals surface area contributed by atoms with Gasteiger partial charge in [0.25, 0.3) is 5.91 Å². The van der Waals surface area contributed by atoms with Gasteiger partial charge < -0.3 is 9.64 Å². The molecule has 1 aromatic heterocycles. The summed E-state index contributed by atoms with van der Waals surface area (Å²) in [6.45, 7) is 3.62. The quantitative estimate of drug-likeness (QED) is 0.853. The molecule has 0 radical (unpaired) electrons. The first-order valence-electron chi connectivity index (χ1n) is 8.14.